The number of nitrogens with one attached hydrogen (secondary N) is 3. The van der Waals surface area contributed by atoms with Crippen LogP contribution in [0.25, 0.3) is 11.4 Å². The van der Waals surface area contributed by atoms with E-state index in [0.717, 1.165) is 30.3 Å². The SMILES string of the molecule is CN=C(NCCC(C)C)NCc1cccc(-c2ncn[nH]2)c1.I. The highest BCUT2D eigenvalue weighted by Gasteiger charge is 2.03. The van der Waals surface area contributed by atoms with E-state index in [1.54, 1.807) is 7.05 Å². The van der Waals surface area contributed by atoms with E-state index in [0.29, 0.717) is 12.5 Å². The van der Waals surface area contributed by atoms with E-state index in [1.165, 1.54) is 11.9 Å². The molecule has 3 N–H and O–H groups in total. The zero-order valence-corrected chi connectivity index (χ0v) is 16.2. The molecule has 1 heterocycles. The second kappa shape index (κ2) is 10.2. The molecule has 2 rings (SSSR count). The summed E-state index contributed by atoms with van der Waals surface area (Å²) in [7, 11) is 1.79. The maximum atomic E-state index is 4.24. The fourth-order valence-electron chi connectivity index (χ4n) is 2.06. The molecular weight excluding hydrogens is 403 g/mol. The van der Waals surface area contributed by atoms with Crippen molar-refractivity contribution in [1.29, 1.82) is 0 Å². The first-order chi connectivity index (χ1) is 10.7. The van der Waals surface area contributed by atoms with E-state index < -0.39 is 0 Å². The minimum absolute atomic E-state index is 0. The van der Waals surface area contributed by atoms with Gasteiger partial charge in [-0.05, 0) is 24.0 Å². The van der Waals surface area contributed by atoms with E-state index in [-0.39, 0.29) is 24.0 Å². The van der Waals surface area contributed by atoms with Crippen LogP contribution in [0, 0.1) is 5.92 Å². The smallest absolute Gasteiger partial charge is 0.191 e. The minimum Gasteiger partial charge on any atom is -0.356 e. The molecule has 1 aromatic heterocycles. The Morgan fingerprint density at radius 2 is 2.13 bits per heavy atom. The molecule has 0 spiro atoms. The Morgan fingerprint density at radius 1 is 1.30 bits per heavy atom. The third kappa shape index (κ3) is 6.55. The lowest BCUT2D eigenvalue weighted by Gasteiger charge is -2.13. The van der Waals surface area contributed by atoms with Gasteiger partial charge in [0.05, 0.1) is 0 Å². The molecule has 0 bridgehead atoms. The van der Waals surface area contributed by atoms with E-state index in [2.05, 4.69) is 56.8 Å². The first-order valence-electron chi connectivity index (χ1n) is 7.58. The van der Waals surface area contributed by atoms with Crippen LogP contribution in [0.2, 0.25) is 0 Å². The van der Waals surface area contributed by atoms with Crippen LogP contribution in [0.1, 0.15) is 25.8 Å². The number of aliphatic imine (C=N–C) groups is 1. The zero-order chi connectivity index (χ0) is 15.8. The second-order valence-corrected chi connectivity index (χ2v) is 5.57. The van der Waals surface area contributed by atoms with Crippen molar-refractivity contribution < 1.29 is 0 Å². The number of guanidine groups is 1. The zero-order valence-electron chi connectivity index (χ0n) is 13.8. The van der Waals surface area contributed by atoms with Crippen LogP contribution < -0.4 is 10.6 Å². The Kier molecular flexibility index (Phi) is 8.60. The first-order valence-corrected chi connectivity index (χ1v) is 7.58. The van der Waals surface area contributed by atoms with Crippen molar-refractivity contribution in [3.8, 4) is 11.4 Å². The molecule has 0 unspecified atom stereocenters. The summed E-state index contributed by atoms with van der Waals surface area (Å²) in [5.74, 6) is 2.29. The first kappa shape index (κ1) is 19.4. The standard InChI is InChI=1S/C16H24N6.HI/c1-12(2)7-8-18-16(17-3)19-10-13-5-4-6-14(9-13)15-20-11-21-22-15;/h4-6,9,11-12H,7-8,10H2,1-3H3,(H2,17,18,19)(H,20,21,22);1H. The molecule has 0 saturated carbocycles. The van der Waals surface area contributed by atoms with Gasteiger partial charge in [-0.25, -0.2) is 4.98 Å². The molecule has 0 aliphatic heterocycles. The average Bonchev–Trinajstić information content (AvgIpc) is 3.05. The largest absolute Gasteiger partial charge is 0.356 e. The molecule has 126 valence electrons. The van der Waals surface area contributed by atoms with Crippen LogP contribution in [0.3, 0.4) is 0 Å². The summed E-state index contributed by atoms with van der Waals surface area (Å²) >= 11 is 0. The van der Waals surface area contributed by atoms with Gasteiger partial charge in [0.15, 0.2) is 11.8 Å². The van der Waals surface area contributed by atoms with Gasteiger partial charge in [-0.15, -0.1) is 24.0 Å². The molecule has 0 radical (unpaired) electrons. The lowest BCUT2D eigenvalue weighted by Crippen LogP contribution is -2.37. The van der Waals surface area contributed by atoms with Gasteiger partial charge in [0, 0.05) is 25.7 Å². The Morgan fingerprint density at radius 3 is 2.78 bits per heavy atom. The molecule has 0 amide bonds. The highest BCUT2D eigenvalue weighted by Crippen LogP contribution is 2.15. The predicted octanol–water partition coefficient (Wildman–Crippen LogP) is 2.80. The molecule has 1 aromatic carbocycles. The van der Waals surface area contributed by atoms with Crippen molar-refractivity contribution in [2.45, 2.75) is 26.8 Å². The number of hydrogen-bond acceptors (Lipinski definition) is 3. The summed E-state index contributed by atoms with van der Waals surface area (Å²) in [6.45, 7) is 6.07. The van der Waals surface area contributed by atoms with Gasteiger partial charge in [-0.1, -0.05) is 32.0 Å². The number of nitrogens with zero attached hydrogens (tertiary/aromatic N) is 3. The number of benzene rings is 1. The van der Waals surface area contributed by atoms with Crippen molar-refractivity contribution >= 4 is 29.9 Å². The van der Waals surface area contributed by atoms with Crippen molar-refractivity contribution in [3.05, 3.63) is 36.2 Å². The molecule has 7 heteroatoms. The lowest BCUT2D eigenvalue weighted by molar-refractivity contribution is 0.573. The predicted molar refractivity (Wildman–Crippen MR) is 105 cm³/mol. The summed E-state index contributed by atoms with van der Waals surface area (Å²) in [6, 6.07) is 8.20. The number of halogens is 1. The minimum atomic E-state index is 0. The van der Waals surface area contributed by atoms with E-state index in [4.69, 9.17) is 0 Å². The Hall–Kier alpha value is -1.64. The summed E-state index contributed by atoms with van der Waals surface area (Å²) < 4.78 is 0. The van der Waals surface area contributed by atoms with Gasteiger partial charge in [-0.2, -0.15) is 5.10 Å². The fraction of sp³-hybridized carbons (Fsp3) is 0.438. The van der Waals surface area contributed by atoms with Gasteiger partial charge in [0.1, 0.15) is 6.33 Å². The van der Waals surface area contributed by atoms with Crippen molar-refractivity contribution in [2.24, 2.45) is 10.9 Å². The number of H-pyrrole nitrogens is 1. The highest BCUT2D eigenvalue weighted by molar-refractivity contribution is 14.0. The normalized spacial score (nSPS) is 11.2. The summed E-state index contributed by atoms with van der Waals surface area (Å²) in [6.07, 6.45) is 2.64. The van der Waals surface area contributed by atoms with Crippen LogP contribution in [0.4, 0.5) is 0 Å². The maximum absolute atomic E-state index is 4.24. The van der Waals surface area contributed by atoms with Gasteiger partial charge >= 0.3 is 0 Å². The molecule has 6 nitrogen and oxygen atoms in total. The summed E-state index contributed by atoms with van der Waals surface area (Å²) in [5, 5.41) is 13.4. The summed E-state index contributed by atoms with van der Waals surface area (Å²) in [5.41, 5.74) is 2.19. The van der Waals surface area contributed by atoms with Crippen LogP contribution in [0.5, 0.6) is 0 Å². The van der Waals surface area contributed by atoms with Crippen molar-refractivity contribution in [1.82, 2.24) is 25.8 Å². The van der Waals surface area contributed by atoms with Gasteiger partial charge < -0.3 is 10.6 Å². The fourth-order valence-corrected chi connectivity index (χ4v) is 2.06. The van der Waals surface area contributed by atoms with E-state index >= 15 is 0 Å². The number of aromatic amines is 1. The van der Waals surface area contributed by atoms with Crippen LogP contribution in [-0.4, -0.2) is 34.7 Å². The third-order valence-electron chi connectivity index (χ3n) is 3.31. The van der Waals surface area contributed by atoms with Crippen LogP contribution in [-0.2, 0) is 6.54 Å². The third-order valence-corrected chi connectivity index (χ3v) is 3.31. The molecule has 0 atom stereocenters. The average molecular weight is 428 g/mol. The van der Waals surface area contributed by atoms with Crippen molar-refractivity contribution in [3.63, 3.8) is 0 Å². The molecule has 0 aliphatic carbocycles. The Balaban J connectivity index is 0.00000264. The lowest BCUT2D eigenvalue weighted by atomic mass is 10.1. The van der Waals surface area contributed by atoms with E-state index in [1.807, 2.05) is 12.1 Å². The summed E-state index contributed by atoms with van der Waals surface area (Å²) in [4.78, 5) is 8.41. The highest BCUT2D eigenvalue weighted by atomic mass is 127. The molecule has 0 fully saturated rings. The van der Waals surface area contributed by atoms with E-state index in [9.17, 15) is 0 Å². The Labute approximate surface area is 154 Å². The molecule has 2 aromatic rings. The quantitative estimate of drug-likeness (QED) is 0.376. The molecule has 0 saturated heterocycles. The number of hydrogen-bond donors (Lipinski definition) is 3. The van der Waals surface area contributed by atoms with Gasteiger partial charge in [0.2, 0.25) is 0 Å². The topological polar surface area (TPSA) is 78.0 Å². The van der Waals surface area contributed by atoms with Gasteiger partial charge in [0.25, 0.3) is 0 Å². The monoisotopic (exact) mass is 428 g/mol. The van der Waals surface area contributed by atoms with Crippen LogP contribution >= 0.6 is 24.0 Å². The van der Waals surface area contributed by atoms with Crippen molar-refractivity contribution in [2.75, 3.05) is 13.6 Å². The number of aromatic nitrogens is 3. The van der Waals surface area contributed by atoms with Gasteiger partial charge in [-0.3, -0.25) is 10.1 Å². The number of rotatable bonds is 6. The second-order valence-electron chi connectivity index (χ2n) is 5.57. The molecule has 0 aliphatic rings. The molecule has 23 heavy (non-hydrogen) atoms. The Bertz CT molecular complexity index is 594. The maximum Gasteiger partial charge on any atom is 0.191 e. The molecular formula is C16H25IN6. The van der Waals surface area contributed by atoms with Crippen LogP contribution in [0.15, 0.2) is 35.6 Å².